The van der Waals surface area contributed by atoms with Crippen LogP contribution in [0.4, 0.5) is 0 Å². The molecule has 0 saturated carbocycles. The zero-order valence-corrected chi connectivity index (χ0v) is 13.4. The van der Waals surface area contributed by atoms with Crippen LogP contribution in [0.25, 0.3) is 0 Å². The molecule has 0 radical (unpaired) electrons. The van der Waals surface area contributed by atoms with Crippen molar-refractivity contribution in [2.24, 2.45) is 5.92 Å². The molecule has 0 aromatic heterocycles. The van der Waals surface area contributed by atoms with Gasteiger partial charge in [-0.05, 0) is 19.4 Å². The van der Waals surface area contributed by atoms with Crippen LogP contribution in [0.3, 0.4) is 0 Å². The summed E-state index contributed by atoms with van der Waals surface area (Å²) in [5.74, 6) is -0.336. The fourth-order valence-corrected chi connectivity index (χ4v) is 5.54. The van der Waals surface area contributed by atoms with Gasteiger partial charge in [0.15, 0.2) is 0 Å². The summed E-state index contributed by atoms with van der Waals surface area (Å²) in [5, 5.41) is 3.22. The lowest BCUT2D eigenvalue weighted by Crippen LogP contribution is -2.50. The Morgan fingerprint density at radius 3 is 2.32 bits per heavy atom. The van der Waals surface area contributed by atoms with Crippen molar-refractivity contribution in [2.75, 3.05) is 37.9 Å². The first-order valence-corrected chi connectivity index (χ1v) is 10.2. The normalized spacial score (nSPS) is 26.5. The molecule has 1 N–H and O–H groups in total. The van der Waals surface area contributed by atoms with E-state index < -0.39 is 19.9 Å². The highest BCUT2D eigenvalue weighted by Gasteiger charge is 2.33. The summed E-state index contributed by atoms with van der Waals surface area (Å²) in [6.07, 6.45) is 2.74. The highest BCUT2D eigenvalue weighted by atomic mass is 32.2. The Balaban J connectivity index is 2.70. The number of nitrogens with zero attached hydrogens (tertiary/aromatic N) is 1. The molecular weight excluding hydrogens is 288 g/mol. The molecule has 1 fully saturated rings. The minimum Gasteiger partial charge on any atom is -0.317 e. The molecule has 0 aliphatic carbocycles. The fraction of sp³-hybridized carbons (Fsp3) is 1.00. The molecule has 1 rings (SSSR count). The smallest absolute Gasteiger partial charge is 0.215 e. The third-order valence-electron chi connectivity index (χ3n) is 3.70. The number of nitrogens with one attached hydrogen (secondary N) is 1. The quantitative estimate of drug-likeness (QED) is 0.727. The lowest BCUT2D eigenvalue weighted by molar-refractivity contribution is 0.209. The summed E-state index contributed by atoms with van der Waals surface area (Å²) >= 11 is 0. The summed E-state index contributed by atoms with van der Waals surface area (Å²) < 4.78 is 47.9. The van der Waals surface area contributed by atoms with Crippen LogP contribution in [0.15, 0.2) is 0 Å². The van der Waals surface area contributed by atoms with E-state index >= 15 is 0 Å². The van der Waals surface area contributed by atoms with Gasteiger partial charge in [0.2, 0.25) is 10.0 Å². The van der Waals surface area contributed by atoms with Crippen LogP contribution in [0, 0.1) is 5.92 Å². The molecule has 1 aliphatic rings. The maximum absolute atomic E-state index is 12.1. The van der Waals surface area contributed by atoms with Crippen LogP contribution in [-0.2, 0) is 19.9 Å². The largest absolute Gasteiger partial charge is 0.317 e. The molecule has 2 atom stereocenters. The van der Waals surface area contributed by atoms with E-state index in [1.807, 2.05) is 14.0 Å². The van der Waals surface area contributed by atoms with Crippen molar-refractivity contribution in [2.45, 2.75) is 25.8 Å². The molecule has 19 heavy (non-hydrogen) atoms. The topological polar surface area (TPSA) is 83.6 Å². The van der Waals surface area contributed by atoms with Gasteiger partial charge in [0.1, 0.15) is 9.84 Å². The highest BCUT2D eigenvalue weighted by molar-refractivity contribution is 7.93. The van der Waals surface area contributed by atoms with E-state index in [0.29, 0.717) is 19.1 Å². The second-order valence-corrected chi connectivity index (χ2v) is 9.50. The number of hydrogen-bond acceptors (Lipinski definition) is 5. The summed E-state index contributed by atoms with van der Waals surface area (Å²) in [5.41, 5.74) is 0. The van der Waals surface area contributed by atoms with Gasteiger partial charge in [0, 0.05) is 25.4 Å². The van der Waals surface area contributed by atoms with Gasteiger partial charge in [-0.25, -0.2) is 21.1 Å². The van der Waals surface area contributed by atoms with E-state index in [0.717, 1.165) is 19.1 Å². The molecular formula is C11H24N2O4S2. The highest BCUT2D eigenvalue weighted by Crippen LogP contribution is 2.22. The fourth-order valence-electron chi connectivity index (χ4n) is 2.43. The second-order valence-electron chi connectivity index (χ2n) is 5.16. The molecule has 0 aromatic rings. The number of hydrogen-bond donors (Lipinski definition) is 1. The second kappa shape index (κ2) is 6.51. The van der Waals surface area contributed by atoms with Crippen molar-refractivity contribution in [3.8, 4) is 0 Å². The molecule has 2 unspecified atom stereocenters. The van der Waals surface area contributed by atoms with E-state index in [2.05, 4.69) is 5.32 Å². The summed E-state index contributed by atoms with van der Waals surface area (Å²) in [7, 11) is -4.82. The van der Waals surface area contributed by atoms with Crippen molar-refractivity contribution >= 4 is 19.9 Å². The van der Waals surface area contributed by atoms with Gasteiger partial charge >= 0.3 is 0 Å². The average molecular weight is 312 g/mol. The SMILES string of the molecule is CCC1CN(S(=O)(=O)CCS(C)(=O)=O)CCC1NC. The molecule has 114 valence electrons. The molecule has 0 amide bonds. The predicted octanol–water partition coefficient (Wildman–Crippen LogP) is -0.319. The zero-order valence-electron chi connectivity index (χ0n) is 11.8. The first-order valence-electron chi connectivity index (χ1n) is 6.52. The van der Waals surface area contributed by atoms with E-state index in [9.17, 15) is 16.8 Å². The van der Waals surface area contributed by atoms with Crippen molar-refractivity contribution in [1.29, 1.82) is 0 Å². The molecule has 0 aromatic carbocycles. The van der Waals surface area contributed by atoms with Gasteiger partial charge in [-0.3, -0.25) is 0 Å². The monoisotopic (exact) mass is 312 g/mol. The summed E-state index contributed by atoms with van der Waals surface area (Å²) in [6, 6.07) is 0.339. The van der Waals surface area contributed by atoms with Gasteiger partial charge in [-0.2, -0.15) is 0 Å². The molecule has 0 spiro atoms. The van der Waals surface area contributed by atoms with Gasteiger partial charge < -0.3 is 5.32 Å². The Morgan fingerprint density at radius 1 is 1.21 bits per heavy atom. The van der Waals surface area contributed by atoms with E-state index in [1.165, 1.54) is 4.31 Å². The first kappa shape index (κ1) is 16.9. The lowest BCUT2D eigenvalue weighted by Gasteiger charge is -2.37. The van der Waals surface area contributed by atoms with Crippen LogP contribution in [0.1, 0.15) is 19.8 Å². The van der Waals surface area contributed by atoms with Crippen molar-refractivity contribution in [1.82, 2.24) is 9.62 Å². The third kappa shape index (κ3) is 5.02. The zero-order chi connectivity index (χ0) is 14.7. The molecule has 1 saturated heterocycles. The standard InChI is InChI=1S/C11H24N2O4S2/c1-4-10-9-13(6-5-11(10)12-2)19(16,17)8-7-18(3,14)15/h10-12H,4-9H2,1-3H3. The van der Waals surface area contributed by atoms with Crippen LogP contribution in [-0.4, -0.2) is 65.1 Å². The van der Waals surface area contributed by atoms with Gasteiger partial charge in [-0.1, -0.05) is 13.3 Å². The molecule has 8 heteroatoms. The van der Waals surface area contributed by atoms with Crippen molar-refractivity contribution in [3.05, 3.63) is 0 Å². The maximum Gasteiger partial charge on any atom is 0.215 e. The molecule has 0 bridgehead atoms. The van der Waals surface area contributed by atoms with Gasteiger partial charge in [0.05, 0.1) is 11.5 Å². The summed E-state index contributed by atoms with van der Waals surface area (Å²) in [4.78, 5) is 0. The Hall–Kier alpha value is -0.180. The minimum atomic E-state index is -3.46. The van der Waals surface area contributed by atoms with Crippen LogP contribution in [0.5, 0.6) is 0 Å². The van der Waals surface area contributed by atoms with Crippen molar-refractivity contribution in [3.63, 3.8) is 0 Å². The Morgan fingerprint density at radius 2 is 1.84 bits per heavy atom. The summed E-state index contributed by atoms with van der Waals surface area (Å²) in [6.45, 7) is 2.99. The lowest BCUT2D eigenvalue weighted by atomic mass is 9.91. The van der Waals surface area contributed by atoms with E-state index in [1.54, 1.807) is 0 Å². The first-order chi connectivity index (χ1) is 8.69. The Kier molecular flexibility index (Phi) is 5.78. The minimum absolute atomic E-state index is 0.284. The average Bonchev–Trinajstić information content (AvgIpc) is 2.35. The van der Waals surface area contributed by atoms with Crippen LogP contribution >= 0.6 is 0 Å². The third-order valence-corrected chi connectivity index (χ3v) is 6.74. The van der Waals surface area contributed by atoms with E-state index in [4.69, 9.17) is 0 Å². The van der Waals surface area contributed by atoms with Gasteiger partial charge in [0.25, 0.3) is 0 Å². The van der Waals surface area contributed by atoms with Gasteiger partial charge in [-0.15, -0.1) is 0 Å². The number of sulfonamides is 1. The van der Waals surface area contributed by atoms with Crippen molar-refractivity contribution < 1.29 is 16.8 Å². The number of sulfone groups is 1. The Bertz CT molecular complexity index is 487. The molecule has 1 heterocycles. The Labute approximate surface area is 116 Å². The predicted molar refractivity (Wildman–Crippen MR) is 76.3 cm³/mol. The van der Waals surface area contributed by atoms with E-state index in [-0.39, 0.29) is 17.4 Å². The molecule has 1 aliphatic heterocycles. The molecule has 6 nitrogen and oxygen atoms in total. The maximum atomic E-state index is 12.1. The van der Waals surface area contributed by atoms with Crippen LogP contribution < -0.4 is 5.32 Å². The number of piperidine rings is 1. The van der Waals surface area contributed by atoms with Crippen LogP contribution in [0.2, 0.25) is 0 Å². The number of rotatable bonds is 6.